The summed E-state index contributed by atoms with van der Waals surface area (Å²) in [6.45, 7) is 2.06. The summed E-state index contributed by atoms with van der Waals surface area (Å²) in [5.74, 6) is 0.493. The van der Waals surface area contributed by atoms with Gasteiger partial charge < -0.3 is 0 Å². The van der Waals surface area contributed by atoms with Crippen molar-refractivity contribution in [1.29, 1.82) is 0 Å². The number of rotatable bonds is 3. The van der Waals surface area contributed by atoms with Gasteiger partial charge in [-0.2, -0.15) is 0 Å². The van der Waals surface area contributed by atoms with E-state index >= 15 is 0 Å². The lowest BCUT2D eigenvalue weighted by atomic mass is 10.1. The van der Waals surface area contributed by atoms with Crippen molar-refractivity contribution in [2.24, 2.45) is 0 Å². The van der Waals surface area contributed by atoms with E-state index in [9.17, 15) is 4.39 Å². The van der Waals surface area contributed by atoms with Crippen molar-refractivity contribution >= 4 is 11.2 Å². The Bertz CT molecular complexity index is 1020. The molecule has 3 nitrogen and oxygen atoms in total. The molecule has 0 N–H and O–H groups in total. The Morgan fingerprint density at radius 3 is 2.71 bits per heavy atom. The number of para-hydroxylation sites is 1. The number of fused-ring (bicyclic) bond motifs is 1. The van der Waals surface area contributed by atoms with Gasteiger partial charge in [-0.05, 0) is 36.8 Å². The second kappa shape index (κ2) is 5.89. The maximum absolute atomic E-state index is 14.4. The van der Waals surface area contributed by atoms with E-state index in [1.807, 2.05) is 28.8 Å². The molecule has 24 heavy (non-hydrogen) atoms. The zero-order chi connectivity index (χ0) is 16.5. The van der Waals surface area contributed by atoms with E-state index in [2.05, 4.69) is 35.1 Å². The molecule has 0 saturated heterocycles. The Hall–Kier alpha value is -3.01. The van der Waals surface area contributed by atoms with Gasteiger partial charge in [-0.1, -0.05) is 42.0 Å². The van der Waals surface area contributed by atoms with Crippen LogP contribution in [0.3, 0.4) is 0 Å². The lowest BCUT2D eigenvalue weighted by molar-refractivity contribution is 0.617. The highest BCUT2D eigenvalue weighted by Crippen LogP contribution is 2.23. The van der Waals surface area contributed by atoms with Crippen LogP contribution in [-0.4, -0.2) is 14.5 Å². The molecule has 0 bridgehead atoms. The molecule has 0 fully saturated rings. The standard InChI is InChI=1S/C20H16FN3/c1-14-6-4-7-15(12-14)13-19-23-17-9-5-11-22-20(17)24(19)18-10-3-2-8-16(18)21/h2-12H,13H2,1H3. The van der Waals surface area contributed by atoms with Crippen LogP contribution in [0.5, 0.6) is 0 Å². The molecule has 0 aliphatic rings. The number of hydrogen-bond acceptors (Lipinski definition) is 2. The monoisotopic (exact) mass is 317 g/mol. The molecule has 4 rings (SSSR count). The van der Waals surface area contributed by atoms with Crippen molar-refractivity contribution in [2.75, 3.05) is 0 Å². The van der Waals surface area contributed by atoms with Crippen molar-refractivity contribution in [1.82, 2.24) is 14.5 Å². The molecular weight excluding hydrogens is 301 g/mol. The fourth-order valence-corrected chi connectivity index (χ4v) is 2.97. The summed E-state index contributed by atoms with van der Waals surface area (Å²) >= 11 is 0. The first-order chi connectivity index (χ1) is 11.7. The molecule has 0 atom stereocenters. The van der Waals surface area contributed by atoms with Gasteiger partial charge in [0.15, 0.2) is 5.65 Å². The number of hydrogen-bond donors (Lipinski definition) is 0. The van der Waals surface area contributed by atoms with E-state index in [1.165, 1.54) is 11.6 Å². The van der Waals surface area contributed by atoms with E-state index in [-0.39, 0.29) is 5.82 Å². The third-order valence-corrected chi connectivity index (χ3v) is 4.02. The summed E-state index contributed by atoms with van der Waals surface area (Å²) in [4.78, 5) is 9.10. The maximum atomic E-state index is 14.4. The van der Waals surface area contributed by atoms with Gasteiger partial charge >= 0.3 is 0 Å². The molecule has 0 unspecified atom stereocenters. The van der Waals surface area contributed by atoms with Crippen LogP contribution in [0.2, 0.25) is 0 Å². The predicted molar refractivity (Wildman–Crippen MR) is 92.8 cm³/mol. The highest BCUT2D eigenvalue weighted by molar-refractivity contribution is 5.74. The van der Waals surface area contributed by atoms with Gasteiger partial charge in [0.2, 0.25) is 0 Å². The molecule has 0 radical (unpaired) electrons. The van der Waals surface area contributed by atoms with E-state index in [0.29, 0.717) is 17.8 Å². The molecule has 4 aromatic rings. The van der Waals surface area contributed by atoms with E-state index in [0.717, 1.165) is 16.9 Å². The van der Waals surface area contributed by atoms with E-state index in [4.69, 9.17) is 0 Å². The van der Waals surface area contributed by atoms with Gasteiger partial charge in [0.1, 0.15) is 17.2 Å². The number of imidazole rings is 1. The summed E-state index contributed by atoms with van der Waals surface area (Å²) in [5, 5.41) is 0. The second-order valence-corrected chi connectivity index (χ2v) is 5.83. The molecular formula is C20H16FN3. The summed E-state index contributed by atoms with van der Waals surface area (Å²) in [7, 11) is 0. The van der Waals surface area contributed by atoms with Crippen LogP contribution >= 0.6 is 0 Å². The topological polar surface area (TPSA) is 30.7 Å². The zero-order valence-corrected chi connectivity index (χ0v) is 13.3. The number of halogens is 1. The van der Waals surface area contributed by atoms with Crippen LogP contribution in [0, 0.1) is 12.7 Å². The quantitative estimate of drug-likeness (QED) is 0.558. The fraction of sp³-hybridized carbons (Fsp3) is 0.100. The van der Waals surface area contributed by atoms with Gasteiger partial charge in [-0.3, -0.25) is 4.57 Å². The van der Waals surface area contributed by atoms with Crippen LogP contribution in [-0.2, 0) is 6.42 Å². The van der Waals surface area contributed by atoms with Gasteiger partial charge in [-0.25, -0.2) is 14.4 Å². The summed E-state index contributed by atoms with van der Waals surface area (Å²) in [5.41, 5.74) is 4.25. The molecule has 0 aliphatic carbocycles. The molecule has 4 heteroatoms. The van der Waals surface area contributed by atoms with Crippen molar-refractivity contribution in [3.05, 3.63) is 89.6 Å². The first-order valence-electron chi connectivity index (χ1n) is 7.85. The number of aromatic nitrogens is 3. The normalized spacial score (nSPS) is 11.1. The van der Waals surface area contributed by atoms with Gasteiger partial charge in [0.25, 0.3) is 0 Å². The molecule has 2 aromatic carbocycles. The largest absolute Gasteiger partial charge is 0.277 e. The van der Waals surface area contributed by atoms with Crippen molar-refractivity contribution in [3.8, 4) is 5.69 Å². The molecule has 118 valence electrons. The Balaban J connectivity index is 1.92. The lowest BCUT2D eigenvalue weighted by Gasteiger charge is -2.10. The minimum Gasteiger partial charge on any atom is -0.277 e. The first-order valence-corrected chi connectivity index (χ1v) is 7.85. The maximum Gasteiger partial charge on any atom is 0.164 e. The molecule has 2 aromatic heterocycles. The molecule has 0 saturated carbocycles. The predicted octanol–water partition coefficient (Wildman–Crippen LogP) is 4.46. The van der Waals surface area contributed by atoms with Crippen LogP contribution in [0.4, 0.5) is 4.39 Å². The Morgan fingerprint density at radius 1 is 1.00 bits per heavy atom. The first kappa shape index (κ1) is 14.6. The SMILES string of the molecule is Cc1cccc(Cc2nc3cccnc3n2-c2ccccc2F)c1. The smallest absolute Gasteiger partial charge is 0.164 e. The van der Waals surface area contributed by atoms with E-state index in [1.54, 1.807) is 18.3 Å². The van der Waals surface area contributed by atoms with Gasteiger partial charge in [0, 0.05) is 12.6 Å². The average molecular weight is 317 g/mol. The third kappa shape index (κ3) is 2.56. The van der Waals surface area contributed by atoms with E-state index < -0.39 is 0 Å². The van der Waals surface area contributed by atoms with Crippen molar-refractivity contribution < 1.29 is 4.39 Å². The molecule has 0 aliphatic heterocycles. The van der Waals surface area contributed by atoms with Crippen molar-refractivity contribution in [3.63, 3.8) is 0 Å². The minimum absolute atomic E-state index is 0.284. The number of benzene rings is 2. The van der Waals surface area contributed by atoms with Gasteiger partial charge in [0.05, 0.1) is 5.69 Å². The third-order valence-electron chi connectivity index (χ3n) is 4.02. The Morgan fingerprint density at radius 2 is 1.88 bits per heavy atom. The second-order valence-electron chi connectivity index (χ2n) is 5.83. The highest BCUT2D eigenvalue weighted by Gasteiger charge is 2.16. The number of pyridine rings is 1. The Kier molecular flexibility index (Phi) is 3.58. The van der Waals surface area contributed by atoms with Crippen molar-refractivity contribution in [2.45, 2.75) is 13.3 Å². The summed E-state index contributed by atoms with van der Waals surface area (Å²) < 4.78 is 16.2. The lowest BCUT2D eigenvalue weighted by Crippen LogP contribution is -2.05. The van der Waals surface area contributed by atoms with Crippen LogP contribution in [0.25, 0.3) is 16.9 Å². The average Bonchev–Trinajstić information content (AvgIpc) is 2.93. The Labute approximate surface area is 139 Å². The summed E-state index contributed by atoms with van der Waals surface area (Å²) in [6, 6.07) is 18.7. The van der Waals surface area contributed by atoms with Crippen LogP contribution < -0.4 is 0 Å². The van der Waals surface area contributed by atoms with Gasteiger partial charge in [-0.15, -0.1) is 0 Å². The fourth-order valence-electron chi connectivity index (χ4n) is 2.97. The zero-order valence-electron chi connectivity index (χ0n) is 13.3. The number of nitrogens with zero attached hydrogens (tertiary/aromatic N) is 3. The molecule has 0 spiro atoms. The highest BCUT2D eigenvalue weighted by atomic mass is 19.1. The molecule has 0 amide bonds. The minimum atomic E-state index is -0.284. The molecule has 2 heterocycles. The summed E-state index contributed by atoms with van der Waals surface area (Å²) in [6.07, 6.45) is 2.32. The van der Waals surface area contributed by atoms with Crippen LogP contribution in [0.1, 0.15) is 17.0 Å². The number of aryl methyl sites for hydroxylation is 1. The van der Waals surface area contributed by atoms with Crippen LogP contribution in [0.15, 0.2) is 66.9 Å².